The van der Waals surface area contributed by atoms with Crippen molar-refractivity contribution in [3.8, 4) is 5.88 Å². The number of aromatic nitrogens is 4. The molecule has 0 radical (unpaired) electrons. The van der Waals surface area contributed by atoms with E-state index in [2.05, 4.69) is 15.3 Å². The molecule has 2 aromatic rings. The summed E-state index contributed by atoms with van der Waals surface area (Å²) in [6.07, 6.45) is 2.75. The van der Waals surface area contributed by atoms with E-state index in [0.717, 1.165) is 12.8 Å². The van der Waals surface area contributed by atoms with Gasteiger partial charge in [0.25, 0.3) is 11.8 Å². The van der Waals surface area contributed by atoms with Crippen molar-refractivity contribution < 1.29 is 13.9 Å². The van der Waals surface area contributed by atoms with Crippen LogP contribution in [0.2, 0.25) is 0 Å². The van der Waals surface area contributed by atoms with Gasteiger partial charge in [0.1, 0.15) is 11.8 Å². The Morgan fingerprint density at radius 1 is 1.50 bits per heavy atom. The number of piperidine rings is 1. The molecule has 3 heterocycles. The van der Waals surface area contributed by atoms with Crippen LogP contribution in [0.25, 0.3) is 0 Å². The second-order valence-electron chi connectivity index (χ2n) is 5.76. The Hall–Kier alpha value is -2.51. The Balaban J connectivity index is 1.72. The van der Waals surface area contributed by atoms with E-state index in [0.29, 0.717) is 31.0 Å². The fourth-order valence-electron chi connectivity index (χ4n) is 2.87. The number of hydrogen-bond acceptors (Lipinski definition) is 5. The number of likely N-dealkylation sites (tertiary alicyclic amines) is 1. The first kappa shape index (κ1) is 16.4. The first-order valence-electron chi connectivity index (χ1n) is 8.06. The van der Waals surface area contributed by atoms with Crippen molar-refractivity contribution in [3.05, 3.63) is 35.5 Å². The molecule has 0 N–H and O–H groups in total. The summed E-state index contributed by atoms with van der Waals surface area (Å²) >= 11 is 0. The second-order valence-corrected chi connectivity index (χ2v) is 5.76. The SMILES string of the molecule is CCn1nnc(C)c1C(=O)N1CCCC(Oc2ncccc2F)C1. The molecule has 1 atom stereocenters. The van der Waals surface area contributed by atoms with Crippen molar-refractivity contribution in [1.29, 1.82) is 0 Å². The molecule has 0 bridgehead atoms. The van der Waals surface area contributed by atoms with Crippen molar-refractivity contribution >= 4 is 5.91 Å². The molecular formula is C16H20FN5O2. The highest BCUT2D eigenvalue weighted by Crippen LogP contribution is 2.20. The quantitative estimate of drug-likeness (QED) is 0.853. The summed E-state index contributed by atoms with van der Waals surface area (Å²) in [7, 11) is 0. The van der Waals surface area contributed by atoms with E-state index in [1.807, 2.05) is 6.92 Å². The van der Waals surface area contributed by atoms with Gasteiger partial charge < -0.3 is 9.64 Å². The van der Waals surface area contributed by atoms with E-state index in [1.165, 1.54) is 18.3 Å². The molecule has 128 valence electrons. The van der Waals surface area contributed by atoms with Gasteiger partial charge in [0.05, 0.1) is 12.2 Å². The number of amides is 1. The average Bonchev–Trinajstić information content (AvgIpc) is 2.97. The third-order valence-electron chi connectivity index (χ3n) is 4.07. The van der Waals surface area contributed by atoms with Gasteiger partial charge in [-0.2, -0.15) is 0 Å². The molecule has 0 aromatic carbocycles. The zero-order chi connectivity index (χ0) is 17.1. The lowest BCUT2D eigenvalue weighted by Gasteiger charge is -2.32. The van der Waals surface area contributed by atoms with Crippen LogP contribution >= 0.6 is 0 Å². The monoisotopic (exact) mass is 333 g/mol. The molecule has 1 unspecified atom stereocenters. The van der Waals surface area contributed by atoms with Crippen molar-refractivity contribution in [3.63, 3.8) is 0 Å². The Bertz CT molecular complexity index is 733. The molecule has 1 aliphatic rings. The molecule has 0 saturated carbocycles. The van der Waals surface area contributed by atoms with Gasteiger partial charge in [0.15, 0.2) is 5.82 Å². The van der Waals surface area contributed by atoms with E-state index < -0.39 is 5.82 Å². The van der Waals surface area contributed by atoms with E-state index in [9.17, 15) is 9.18 Å². The Kier molecular flexibility index (Phi) is 4.73. The molecule has 8 heteroatoms. The number of carbonyl (C=O) groups excluding carboxylic acids is 1. The molecule has 1 aliphatic heterocycles. The first-order chi connectivity index (χ1) is 11.6. The number of carbonyl (C=O) groups is 1. The molecular weight excluding hydrogens is 313 g/mol. The Labute approximate surface area is 139 Å². The number of pyridine rings is 1. The Morgan fingerprint density at radius 2 is 2.33 bits per heavy atom. The molecule has 1 amide bonds. The van der Waals surface area contributed by atoms with Gasteiger partial charge in [0.2, 0.25) is 0 Å². The lowest BCUT2D eigenvalue weighted by atomic mass is 10.1. The standard InChI is InChI=1S/C16H20FN5O2/c1-3-22-14(11(2)19-20-22)16(23)21-9-5-6-12(10-21)24-15-13(17)7-4-8-18-15/h4,7-8,12H,3,5-6,9-10H2,1-2H3. The van der Waals surface area contributed by atoms with E-state index >= 15 is 0 Å². The average molecular weight is 333 g/mol. The summed E-state index contributed by atoms with van der Waals surface area (Å²) in [5, 5.41) is 7.95. The van der Waals surface area contributed by atoms with Gasteiger partial charge in [-0.15, -0.1) is 5.10 Å². The first-order valence-corrected chi connectivity index (χ1v) is 8.06. The van der Waals surface area contributed by atoms with E-state index in [4.69, 9.17) is 4.74 Å². The van der Waals surface area contributed by atoms with Crippen molar-refractivity contribution in [1.82, 2.24) is 24.9 Å². The third-order valence-corrected chi connectivity index (χ3v) is 4.07. The van der Waals surface area contributed by atoms with Gasteiger partial charge in [-0.05, 0) is 38.8 Å². The van der Waals surface area contributed by atoms with Crippen molar-refractivity contribution in [2.75, 3.05) is 13.1 Å². The zero-order valence-electron chi connectivity index (χ0n) is 13.8. The molecule has 2 aromatic heterocycles. The molecule has 0 aliphatic carbocycles. The van der Waals surface area contributed by atoms with Gasteiger partial charge in [0, 0.05) is 19.3 Å². The summed E-state index contributed by atoms with van der Waals surface area (Å²) in [5.41, 5.74) is 1.11. The van der Waals surface area contributed by atoms with Crippen LogP contribution in [0.1, 0.15) is 35.9 Å². The summed E-state index contributed by atoms with van der Waals surface area (Å²) in [5.74, 6) is -0.632. The topological polar surface area (TPSA) is 73.1 Å². The minimum atomic E-state index is -0.495. The molecule has 3 rings (SSSR count). The molecule has 7 nitrogen and oxygen atoms in total. The van der Waals surface area contributed by atoms with Gasteiger partial charge in [-0.3, -0.25) is 4.79 Å². The highest BCUT2D eigenvalue weighted by molar-refractivity contribution is 5.93. The second kappa shape index (κ2) is 6.94. The number of halogens is 1. The van der Waals surface area contributed by atoms with Crippen molar-refractivity contribution in [2.24, 2.45) is 0 Å². The third kappa shape index (κ3) is 3.22. The van der Waals surface area contributed by atoms with Gasteiger partial charge in [-0.25, -0.2) is 14.1 Å². The molecule has 0 spiro atoms. The maximum absolute atomic E-state index is 13.7. The predicted molar refractivity (Wildman–Crippen MR) is 84.2 cm³/mol. The normalized spacial score (nSPS) is 17.8. The van der Waals surface area contributed by atoms with E-state index in [1.54, 1.807) is 16.5 Å². The van der Waals surface area contributed by atoms with Crippen LogP contribution in [0, 0.1) is 12.7 Å². The summed E-state index contributed by atoms with van der Waals surface area (Å²) in [4.78, 5) is 18.4. The van der Waals surface area contributed by atoms with Crippen LogP contribution < -0.4 is 4.74 Å². The number of rotatable bonds is 4. The van der Waals surface area contributed by atoms with Crippen LogP contribution in [0.15, 0.2) is 18.3 Å². The van der Waals surface area contributed by atoms with Crippen LogP contribution in [0.3, 0.4) is 0 Å². The molecule has 24 heavy (non-hydrogen) atoms. The highest BCUT2D eigenvalue weighted by Gasteiger charge is 2.29. The minimum absolute atomic E-state index is 0.0201. The van der Waals surface area contributed by atoms with Crippen LogP contribution in [-0.4, -0.2) is 50.0 Å². The maximum Gasteiger partial charge on any atom is 0.274 e. The smallest absolute Gasteiger partial charge is 0.274 e. The predicted octanol–water partition coefficient (Wildman–Crippen LogP) is 1.82. The van der Waals surface area contributed by atoms with Gasteiger partial charge in [-0.1, -0.05) is 5.21 Å². The lowest BCUT2D eigenvalue weighted by Crippen LogP contribution is -2.45. The van der Waals surface area contributed by atoms with Crippen LogP contribution in [0.5, 0.6) is 5.88 Å². The van der Waals surface area contributed by atoms with Crippen LogP contribution in [0.4, 0.5) is 4.39 Å². The van der Waals surface area contributed by atoms with Gasteiger partial charge >= 0.3 is 0 Å². The largest absolute Gasteiger partial charge is 0.470 e. The fourth-order valence-corrected chi connectivity index (χ4v) is 2.87. The Morgan fingerprint density at radius 3 is 3.08 bits per heavy atom. The fraction of sp³-hybridized carbons (Fsp3) is 0.500. The molecule has 1 saturated heterocycles. The summed E-state index contributed by atoms with van der Waals surface area (Å²) in [6, 6.07) is 2.82. The van der Waals surface area contributed by atoms with Crippen molar-refractivity contribution in [2.45, 2.75) is 39.3 Å². The van der Waals surface area contributed by atoms with E-state index in [-0.39, 0.29) is 17.9 Å². The number of hydrogen-bond donors (Lipinski definition) is 0. The number of aryl methyl sites for hydroxylation is 2. The molecule has 1 fully saturated rings. The van der Waals surface area contributed by atoms with Crippen LogP contribution in [-0.2, 0) is 6.54 Å². The number of ether oxygens (including phenoxy) is 1. The summed E-state index contributed by atoms with van der Waals surface area (Å²) < 4.78 is 20.9. The highest BCUT2D eigenvalue weighted by atomic mass is 19.1. The number of nitrogens with zero attached hydrogens (tertiary/aromatic N) is 5. The minimum Gasteiger partial charge on any atom is -0.470 e. The zero-order valence-corrected chi connectivity index (χ0v) is 13.8. The lowest BCUT2D eigenvalue weighted by molar-refractivity contribution is 0.0507. The summed E-state index contributed by atoms with van der Waals surface area (Å²) in [6.45, 7) is 5.29. The maximum atomic E-state index is 13.7.